The molecule has 19 heavy (non-hydrogen) atoms. The van der Waals surface area contributed by atoms with Crippen LogP contribution in [0.4, 0.5) is 11.5 Å². The Morgan fingerprint density at radius 2 is 1.84 bits per heavy atom. The molecule has 0 aliphatic heterocycles. The minimum atomic E-state index is -3.85. The Morgan fingerprint density at radius 1 is 1.26 bits per heavy atom. The second kappa shape index (κ2) is 4.92. The molecule has 0 saturated carbocycles. The quantitative estimate of drug-likeness (QED) is 0.808. The summed E-state index contributed by atoms with van der Waals surface area (Å²) in [5.41, 5.74) is 6.48. The molecule has 0 amide bonds. The van der Waals surface area contributed by atoms with E-state index in [4.69, 9.17) is 28.9 Å². The van der Waals surface area contributed by atoms with Crippen LogP contribution < -0.4 is 10.5 Å². The van der Waals surface area contributed by atoms with Crippen molar-refractivity contribution in [1.29, 1.82) is 0 Å². The second-order valence-electron chi connectivity index (χ2n) is 3.82. The minimum absolute atomic E-state index is 0.0357. The van der Waals surface area contributed by atoms with Crippen LogP contribution in [0.25, 0.3) is 0 Å². The van der Waals surface area contributed by atoms with Crippen molar-refractivity contribution in [3.8, 4) is 0 Å². The molecule has 0 atom stereocenters. The van der Waals surface area contributed by atoms with E-state index in [1.807, 2.05) is 0 Å². The third-order valence-corrected chi connectivity index (χ3v) is 4.13. The molecule has 9 heteroatoms. The Kier molecular flexibility index (Phi) is 3.62. The van der Waals surface area contributed by atoms with Crippen LogP contribution in [-0.2, 0) is 10.0 Å². The largest absolute Gasteiger partial charge is 0.394 e. The Labute approximate surface area is 120 Å². The van der Waals surface area contributed by atoms with E-state index in [1.54, 1.807) is 6.92 Å². The fraction of sp³-hybridized carbons (Fsp3) is 0.100. The highest BCUT2D eigenvalue weighted by atomic mass is 35.5. The Bertz CT molecular complexity index is 707. The van der Waals surface area contributed by atoms with Gasteiger partial charge in [0.1, 0.15) is 0 Å². The second-order valence-corrected chi connectivity index (χ2v) is 6.38. The molecule has 0 fully saturated rings. The molecule has 0 aliphatic carbocycles. The van der Waals surface area contributed by atoms with Gasteiger partial charge in [-0.05, 0) is 25.1 Å². The molecule has 0 spiro atoms. The maximum atomic E-state index is 12.1. The first-order valence-corrected chi connectivity index (χ1v) is 7.33. The van der Waals surface area contributed by atoms with Crippen molar-refractivity contribution < 1.29 is 8.42 Å². The number of aryl methyl sites for hydroxylation is 1. The van der Waals surface area contributed by atoms with Gasteiger partial charge in [0.15, 0.2) is 5.82 Å². The average Bonchev–Trinajstić information content (AvgIpc) is 2.59. The maximum Gasteiger partial charge on any atom is 0.263 e. The number of hydrogen-bond acceptors (Lipinski definition) is 4. The number of nitrogens with one attached hydrogen (secondary N) is 2. The zero-order chi connectivity index (χ0) is 14.2. The highest BCUT2D eigenvalue weighted by Gasteiger charge is 2.19. The van der Waals surface area contributed by atoms with Crippen LogP contribution in [0.2, 0.25) is 10.0 Å². The predicted octanol–water partition coefficient (Wildman–Crippen LogP) is 2.41. The number of nitrogen functional groups attached to an aromatic ring is 1. The molecule has 2 rings (SSSR count). The summed E-state index contributed by atoms with van der Waals surface area (Å²) in [6, 6.07) is 4.01. The first-order chi connectivity index (χ1) is 8.79. The number of H-pyrrole nitrogens is 1. The van der Waals surface area contributed by atoms with Crippen LogP contribution in [0, 0.1) is 6.92 Å². The minimum Gasteiger partial charge on any atom is -0.394 e. The molecular weight excluding hydrogens is 311 g/mol. The van der Waals surface area contributed by atoms with E-state index in [2.05, 4.69) is 14.9 Å². The Morgan fingerprint density at radius 3 is 2.32 bits per heavy atom. The first-order valence-electron chi connectivity index (χ1n) is 5.09. The standard InChI is InChI=1S/C10H10Cl2N4O2S/c1-5-9(13)10(15-14-5)16-19(17,18)8-3-6(11)2-7(12)4-8/h2-4H,13H2,1H3,(H2,14,15,16). The molecule has 0 saturated heterocycles. The molecule has 102 valence electrons. The molecular formula is C10H10Cl2N4O2S. The fourth-order valence-electron chi connectivity index (χ4n) is 1.39. The van der Waals surface area contributed by atoms with E-state index in [1.165, 1.54) is 18.2 Å². The maximum absolute atomic E-state index is 12.1. The van der Waals surface area contributed by atoms with Crippen LogP contribution in [0.5, 0.6) is 0 Å². The number of halogens is 2. The Hall–Kier alpha value is -1.44. The number of aromatic amines is 1. The summed E-state index contributed by atoms with van der Waals surface area (Å²) in [6.45, 7) is 1.68. The number of hydrogen-bond donors (Lipinski definition) is 3. The fourth-order valence-corrected chi connectivity index (χ4v) is 3.13. The number of aromatic nitrogens is 2. The lowest BCUT2D eigenvalue weighted by atomic mass is 10.4. The van der Waals surface area contributed by atoms with Gasteiger partial charge < -0.3 is 5.73 Å². The summed E-state index contributed by atoms with van der Waals surface area (Å²) >= 11 is 11.5. The number of anilines is 2. The number of nitrogens with two attached hydrogens (primary N) is 1. The molecule has 0 unspecified atom stereocenters. The van der Waals surface area contributed by atoms with Gasteiger partial charge in [0.2, 0.25) is 0 Å². The van der Waals surface area contributed by atoms with Gasteiger partial charge in [0.05, 0.1) is 16.3 Å². The van der Waals surface area contributed by atoms with Crippen LogP contribution in [0.15, 0.2) is 23.1 Å². The molecule has 1 aromatic heterocycles. The van der Waals surface area contributed by atoms with Gasteiger partial charge in [-0.2, -0.15) is 5.10 Å². The monoisotopic (exact) mass is 320 g/mol. The lowest BCUT2D eigenvalue weighted by molar-refractivity contribution is 0.601. The first kappa shape index (κ1) is 14.0. The van der Waals surface area contributed by atoms with Crippen molar-refractivity contribution in [2.45, 2.75) is 11.8 Å². The summed E-state index contributed by atoms with van der Waals surface area (Å²) in [6.07, 6.45) is 0. The molecule has 0 radical (unpaired) electrons. The summed E-state index contributed by atoms with van der Waals surface area (Å²) in [4.78, 5) is -0.0648. The Balaban J connectivity index is 2.40. The van der Waals surface area contributed by atoms with Gasteiger partial charge in [-0.1, -0.05) is 23.2 Å². The molecule has 1 heterocycles. The third kappa shape index (κ3) is 2.94. The highest BCUT2D eigenvalue weighted by Crippen LogP contribution is 2.26. The van der Waals surface area contributed by atoms with E-state index in [0.717, 1.165) is 0 Å². The van der Waals surface area contributed by atoms with Gasteiger partial charge in [-0.15, -0.1) is 0 Å². The van der Waals surface area contributed by atoms with E-state index >= 15 is 0 Å². The van der Waals surface area contributed by atoms with Gasteiger partial charge >= 0.3 is 0 Å². The van der Waals surface area contributed by atoms with Crippen LogP contribution in [0.3, 0.4) is 0 Å². The number of sulfonamides is 1. The van der Waals surface area contributed by atoms with Crippen molar-refractivity contribution in [3.63, 3.8) is 0 Å². The predicted molar refractivity (Wildman–Crippen MR) is 75.0 cm³/mol. The number of rotatable bonds is 3. The van der Waals surface area contributed by atoms with Crippen molar-refractivity contribution in [3.05, 3.63) is 33.9 Å². The summed E-state index contributed by atoms with van der Waals surface area (Å²) in [5.74, 6) is 0.0357. The van der Waals surface area contributed by atoms with Crippen molar-refractivity contribution in [1.82, 2.24) is 10.2 Å². The smallest absolute Gasteiger partial charge is 0.263 e. The van der Waals surface area contributed by atoms with Gasteiger partial charge in [0, 0.05) is 10.0 Å². The summed E-state index contributed by atoms with van der Waals surface area (Å²) in [7, 11) is -3.85. The van der Waals surface area contributed by atoms with Crippen LogP contribution >= 0.6 is 23.2 Å². The number of nitrogens with zero attached hydrogens (tertiary/aromatic N) is 1. The van der Waals surface area contributed by atoms with Crippen molar-refractivity contribution in [2.75, 3.05) is 10.5 Å². The summed E-state index contributed by atoms with van der Waals surface area (Å²) in [5, 5.41) is 6.79. The lowest BCUT2D eigenvalue weighted by Gasteiger charge is -2.07. The topological polar surface area (TPSA) is 101 Å². The molecule has 2 aromatic rings. The summed E-state index contributed by atoms with van der Waals surface area (Å²) < 4.78 is 26.5. The normalized spacial score (nSPS) is 11.5. The van der Waals surface area contributed by atoms with E-state index < -0.39 is 10.0 Å². The van der Waals surface area contributed by atoms with Gasteiger partial charge in [-0.3, -0.25) is 9.82 Å². The zero-order valence-electron chi connectivity index (χ0n) is 9.74. The molecule has 0 bridgehead atoms. The molecule has 6 nitrogen and oxygen atoms in total. The van der Waals surface area contributed by atoms with Gasteiger partial charge in [-0.25, -0.2) is 8.42 Å². The van der Waals surface area contributed by atoms with E-state index in [0.29, 0.717) is 5.69 Å². The van der Waals surface area contributed by atoms with Crippen LogP contribution in [-0.4, -0.2) is 18.6 Å². The van der Waals surface area contributed by atoms with E-state index in [9.17, 15) is 8.42 Å². The molecule has 4 N–H and O–H groups in total. The lowest BCUT2D eigenvalue weighted by Crippen LogP contribution is -2.14. The van der Waals surface area contributed by atoms with Crippen molar-refractivity contribution >= 4 is 44.7 Å². The SMILES string of the molecule is Cc1[nH]nc(NS(=O)(=O)c2cc(Cl)cc(Cl)c2)c1N. The average molecular weight is 321 g/mol. The zero-order valence-corrected chi connectivity index (χ0v) is 12.1. The van der Waals surface area contributed by atoms with Gasteiger partial charge in [0.25, 0.3) is 10.0 Å². The van der Waals surface area contributed by atoms with Crippen LogP contribution in [0.1, 0.15) is 5.69 Å². The van der Waals surface area contributed by atoms with Crippen molar-refractivity contribution in [2.24, 2.45) is 0 Å². The highest BCUT2D eigenvalue weighted by molar-refractivity contribution is 7.92. The molecule has 1 aromatic carbocycles. The van der Waals surface area contributed by atoms with E-state index in [-0.39, 0.29) is 26.4 Å². The number of benzene rings is 1. The third-order valence-electron chi connectivity index (χ3n) is 2.37. The molecule has 0 aliphatic rings.